The van der Waals surface area contributed by atoms with Crippen molar-refractivity contribution < 1.29 is 4.79 Å². The van der Waals surface area contributed by atoms with Gasteiger partial charge in [-0.05, 0) is 50.4 Å². The first-order valence-electron chi connectivity index (χ1n) is 11.7. The Morgan fingerprint density at radius 2 is 1.84 bits per heavy atom. The minimum atomic E-state index is 0. The number of guanidine groups is 1. The molecule has 0 bridgehead atoms. The number of hydrogen-bond acceptors (Lipinski definition) is 3. The lowest BCUT2D eigenvalue weighted by molar-refractivity contribution is -0.133. The molecular weight excluding hydrogens is 501 g/mol. The molecule has 2 aliphatic heterocycles. The van der Waals surface area contributed by atoms with Gasteiger partial charge in [0.1, 0.15) is 0 Å². The molecule has 2 aliphatic rings. The molecule has 2 N–H and O–H groups in total. The summed E-state index contributed by atoms with van der Waals surface area (Å²) in [4.78, 5) is 21.7. The number of aliphatic imine (C=N–C) groups is 1. The van der Waals surface area contributed by atoms with Crippen LogP contribution >= 0.6 is 24.0 Å². The van der Waals surface area contributed by atoms with Crippen molar-refractivity contribution in [2.75, 3.05) is 32.7 Å². The van der Waals surface area contributed by atoms with Crippen molar-refractivity contribution in [3.8, 4) is 0 Å². The van der Waals surface area contributed by atoms with E-state index in [1.54, 1.807) is 0 Å². The Morgan fingerprint density at radius 3 is 2.52 bits per heavy atom. The largest absolute Gasteiger partial charge is 0.357 e. The molecule has 1 unspecified atom stereocenters. The molecule has 1 aromatic rings. The SMILES string of the molecule is CCNC(=NCc1ccccc1CN1CCCCC1)NC1CCN(C(=O)C(C)C)C1.I. The first-order chi connectivity index (χ1) is 14.6. The predicted molar refractivity (Wildman–Crippen MR) is 139 cm³/mol. The second kappa shape index (κ2) is 13.3. The number of benzene rings is 1. The fraction of sp³-hybridized carbons (Fsp3) is 0.667. The van der Waals surface area contributed by atoms with Gasteiger partial charge in [0.2, 0.25) is 5.91 Å². The van der Waals surface area contributed by atoms with Crippen molar-refractivity contribution in [3.05, 3.63) is 35.4 Å². The van der Waals surface area contributed by atoms with Crippen LogP contribution in [0.15, 0.2) is 29.3 Å². The monoisotopic (exact) mass is 541 g/mol. The lowest BCUT2D eigenvalue weighted by atomic mass is 10.1. The first-order valence-corrected chi connectivity index (χ1v) is 11.7. The van der Waals surface area contributed by atoms with Crippen LogP contribution in [0.1, 0.15) is 57.6 Å². The lowest BCUT2D eigenvalue weighted by Crippen LogP contribution is -2.45. The van der Waals surface area contributed by atoms with Gasteiger partial charge in [0.15, 0.2) is 5.96 Å². The van der Waals surface area contributed by atoms with E-state index in [1.165, 1.54) is 43.5 Å². The molecule has 7 heteroatoms. The van der Waals surface area contributed by atoms with Crippen molar-refractivity contribution in [1.29, 1.82) is 0 Å². The molecule has 174 valence electrons. The Hall–Kier alpha value is -1.35. The van der Waals surface area contributed by atoms with E-state index in [0.717, 1.165) is 38.6 Å². The zero-order valence-electron chi connectivity index (χ0n) is 19.4. The third-order valence-electron chi connectivity index (χ3n) is 6.05. The van der Waals surface area contributed by atoms with Crippen LogP contribution in [-0.4, -0.2) is 60.4 Å². The van der Waals surface area contributed by atoms with Crippen LogP contribution < -0.4 is 10.6 Å². The van der Waals surface area contributed by atoms with Gasteiger partial charge in [-0.15, -0.1) is 24.0 Å². The summed E-state index contributed by atoms with van der Waals surface area (Å²) in [7, 11) is 0. The minimum absolute atomic E-state index is 0. The first kappa shape index (κ1) is 25.9. The van der Waals surface area contributed by atoms with E-state index in [1.807, 2.05) is 18.7 Å². The van der Waals surface area contributed by atoms with Gasteiger partial charge < -0.3 is 15.5 Å². The van der Waals surface area contributed by atoms with Crippen LogP contribution in [0.4, 0.5) is 0 Å². The van der Waals surface area contributed by atoms with E-state index in [4.69, 9.17) is 4.99 Å². The van der Waals surface area contributed by atoms with Crippen LogP contribution in [0, 0.1) is 5.92 Å². The average molecular weight is 542 g/mol. The fourth-order valence-corrected chi connectivity index (χ4v) is 4.35. The minimum Gasteiger partial charge on any atom is -0.357 e. The Kier molecular flexibility index (Phi) is 11.1. The molecular formula is C24H40IN5O. The normalized spacial score (nSPS) is 19.9. The molecule has 3 rings (SSSR count). The second-order valence-electron chi connectivity index (χ2n) is 8.87. The van der Waals surface area contributed by atoms with Crippen LogP contribution in [0.5, 0.6) is 0 Å². The van der Waals surface area contributed by atoms with Crippen molar-refractivity contribution in [3.63, 3.8) is 0 Å². The molecule has 2 heterocycles. The third-order valence-corrected chi connectivity index (χ3v) is 6.05. The molecule has 2 saturated heterocycles. The maximum Gasteiger partial charge on any atom is 0.225 e. The number of likely N-dealkylation sites (tertiary alicyclic amines) is 2. The number of halogens is 1. The maximum absolute atomic E-state index is 12.3. The van der Waals surface area contributed by atoms with Gasteiger partial charge in [-0.1, -0.05) is 44.5 Å². The van der Waals surface area contributed by atoms with E-state index in [0.29, 0.717) is 6.54 Å². The van der Waals surface area contributed by atoms with E-state index >= 15 is 0 Å². The summed E-state index contributed by atoms with van der Waals surface area (Å²) in [5.41, 5.74) is 2.68. The van der Waals surface area contributed by atoms with Crippen LogP contribution in [0.25, 0.3) is 0 Å². The van der Waals surface area contributed by atoms with Gasteiger partial charge in [0.05, 0.1) is 6.54 Å². The summed E-state index contributed by atoms with van der Waals surface area (Å²) in [5, 5.41) is 6.92. The van der Waals surface area contributed by atoms with Crippen molar-refractivity contribution in [2.45, 2.75) is 65.6 Å². The molecule has 1 amide bonds. The van der Waals surface area contributed by atoms with Crippen LogP contribution in [0.2, 0.25) is 0 Å². The van der Waals surface area contributed by atoms with Crippen molar-refractivity contribution in [2.24, 2.45) is 10.9 Å². The number of nitrogens with zero attached hydrogens (tertiary/aromatic N) is 3. The smallest absolute Gasteiger partial charge is 0.225 e. The van der Waals surface area contributed by atoms with Gasteiger partial charge >= 0.3 is 0 Å². The van der Waals surface area contributed by atoms with Gasteiger partial charge in [-0.2, -0.15) is 0 Å². The zero-order chi connectivity index (χ0) is 21.3. The topological polar surface area (TPSA) is 60.0 Å². The number of amides is 1. The molecule has 1 atom stereocenters. The fourth-order valence-electron chi connectivity index (χ4n) is 4.35. The number of hydrogen-bond donors (Lipinski definition) is 2. The standard InChI is InChI=1S/C24H39N5O.HI/c1-4-25-24(27-22-12-15-29(18-22)23(30)19(2)3)26-16-20-10-6-7-11-21(20)17-28-13-8-5-9-14-28;/h6-7,10-11,19,22H,4-5,8-9,12-18H2,1-3H3,(H2,25,26,27);1H. The number of piperidine rings is 1. The molecule has 0 aromatic heterocycles. The predicted octanol–water partition coefficient (Wildman–Crippen LogP) is 3.60. The molecule has 2 fully saturated rings. The van der Waals surface area contributed by atoms with E-state index in [-0.39, 0.29) is 41.8 Å². The summed E-state index contributed by atoms with van der Waals surface area (Å²) >= 11 is 0. The summed E-state index contributed by atoms with van der Waals surface area (Å²) in [6.45, 7) is 12.5. The highest BCUT2D eigenvalue weighted by molar-refractivity contribution is 14.0. The van der Waals surface area contributed by atoms with Crippen molar-refractivity contribution >= 4 is 35.8 Å². The summed E-state index contributed by atoms with van der Waals surface area (Å²) in [6.07, 6.45) is 4.95. The quantitative estimate of drug-likeness (QED) is 0.315. The molecule has 0 radical (unpaired) electrons. The second-order valence-corrected chi connectivity index (χ2v) is 8.87. The molecule has 6 nitrogen and oxygen atoms in total. The number of nitrogens with one attached hydrogen (secondary N) is 2. The van der Waals surface area contributed by atoms with Crippen molar-refractivity contribution in [1.82, 2.24) is 20.4 Å². The van der Waals surface area contributed by atoms with Crippen LogP contribution in [-0.2, 0) is 17.9 Å². The molecule has 31 heavy (non-hydrogen) atoms. The molecule has 0 saturated carbocycles. The Balaban J connectivity index is 0.00000341. The Bertz CT molecular complexity index is 718. The average Bonchev–Trinajstić information content (AvgIpc) is 3.21. The van der Waals surface area contributed by atoms with E-state index < -0.39 is 0 Å². The highest BCUT2D eigenvalue weighted by Gasteiger charge is 2.28. The Morgan fingerprint density at radius 1 is 1.13 bits per heavy atom. The molecule has 1 aromatic carbocycles. The molecule has 0 aliphatic carbocycles. The highest BCUT2D eigenvalue weighted by Crippen LogP contribution is 2.17. The molecule has 0 spiro atoms. The van der Waals surface area contributed by atoms with Gasteiger partial charge in [0, 0.05) is 38.1 Å². The third kappa shape index (κ3) is 7.93. The zero-order valence-corrected chi connectivity index (χ0v) is 21.7. The number of carbonyl (C=O) groups excluding carboxylic acids is 1. The lowest BCUT2D eigenvalue weighted by Gasteiger charge is -2.27. The van der Waals surface area contributed by atoms with Crippen LogP contribution in [0.3, 0.4) is 0 Å². The Labute approximate surface area is 205 Å². The van der Waals surface area contributed by atoms with Gasteiger partial charge in [0.25, 0.3) is 0 Å². The van der Waals surface area contributed by atoms with Gasteiger partial charge in [-0.25, -0.2) is 4.99 Å². The number of rotatable bonds is 7. The highest BCUT2D eigenvalue weighted by atomic mass is 127. The van der Waals surface area contributed by atoms with E-state index in [2.05, 4.69) is 46.7 Å². The van der Waals surface area contributed by atoms with E-state index in [9.17, 15) is 4.79 Å². The summed E-state index contributed by atoms with van der Waals surface area (Å²) < 4.78 is 0. The number of carbonyl (C=O) groups is 1. The maximum atomic E-state index is 12.3. The summed E-state index contributed by atoms with van der Waals surface area (Å²) in [5.74, 6) is 1.14. The van der Waals surface area contributed by atoms with Gasteiger partial charge in [-0.3, -0.25) is 9.69 Å². The summed E-state index contributed by atoms with van der Waals surface area (Å²) in [6, 6.07) is 8.94.